The topological polar surface area (TPSA) is 142 Å². The first-order chi connectivity index (χ1) is 16.2. The van der Waals surface area contributed by atoms with Gasteiger partial charge in [0.05, 0.1) is 50.1 Å². The second kappa shape index (κ2) is 10.7. The molecule has 34 heavy (non-hydrogen) atoms. The molecule has 1 heterocycles. The molecule has 0 spiro atoms. The molecule has 0 atom stereocenters. The third-order valence-electron chi connectivity index (χ3n) is 5.20. The van der Waals surface area contributed by atoms with Crippen molar-refractivity contribution in [3.05, 3.63) is 46.0 Å². The largest absolute Gasteiger partial charge is 0.493 e. The first kappa shape index (κ1) is 25.2. The van der Waals surface area contributed by atoms with Crippen LogP contribution >= 0.6 is 0 Å². The number of hydrogen-bond acceptors (Lipinski definition) is 10. The van der Waals surface area contributed by atoms with Crippen LogP contribution in [-0.4, -0.2) is 71.0 Å². The van der Waals surface area contributed by atoms with Crippen molar-refractivity contribution < 1.29 is 32.3 Å². The van der Waals surface area contributed by atoms with Gasteiger partial charge in [0.1, 0.15) is 5.69 Å². The lowest BCUT2D eigenvalue weighted by Crippen LogP contribution is -2.40. The Morgan fingerprint density at radius 1 is 1.09 bits per heavy atom. The summed E-state index contributed by atoms with van der Waals surface area (Å²) in [4.78, 5) is 10.8. The average molecular weight is 495 g/mol. The molecule has 0 saturated carbocycles. The number of morpholine rings is 1. The highest BCUT2D eigenvalue weighted by molar-refractivity contribution is 7.89. The second-order valence-corrected chi connectivity index (χ2v) is 9.11. The molecule has 1 fully saturated rings. The third-order valence-corrected chi connectivity index (χ3v) is 7.09. The summed E-state index contributed by atoms with van der Waals surface area (Å²) in [5, 5.41) is 15.9. The maximum Gasteiger partial charge on any atom is 0.295 e. The quantitative estimate of drug-likeness (QED) is 0.316. The number of nitrogens with zero attached hydrogens (tertiary/aromatic N) is 3. The summed E-state index contributed by atoms with van der Waals surface area (Å²) in [7, 11) is 0.581. The lowest BCUT2D eigenvalue weighted by Gasteiger charge is -2.26. The Morgan fingerprint density at radius 3 is 2.24 bits per heavy atom. The van der Waals surface area contributed by atoms with Gasteiger partial charge in [-0.15, -0.1) is 0 Å². The number of ether oxygens (including phenoxy) is 4. The van der Waals surface area contributed by atoms with Crippen LogP contribution in [0.25, 0.3) is 0 Å². The zero-order valence-electron chi connectivity index (χ0n) is 19.2. The van der Waals surface area contributed by atoms with Gasteiger partial charge in [-0.05, 0) is 31.2 Å². The van der Waals surface area contributed by atoms with E-state index in [4.69, 9.17) is 18.9 Å². The molecule has 0 aromatic heterocycles. The minimum Gasteiger partial charge on any atom is -0.493 e. The van der Waals surface area contributed by atoms with Crippen molar-refractivity contribution in [1.82, 2.24) is 4.31 Å². The van der Waals surface area contributed by atoms with Gasteiger partial charge >= 0.3 is 0 Å². The molecule has 12 nitrogen and oxygen atoms in total. The smallest absolute Gasteiger partial charge is 0.295 e. The molecule has 13 heteroatoms. The zero-order valence-corrected chi connectivity index (χ0v) is 20.0. The predicted octanol–water partition coefficient (Wildman–Crippen LogP) is 2.48. The van der Waals surface area contributed by atoms with E-state index in [1.807, 2.05) is 0 Å². The second-order valence-electron chi connectivity index (χ2n) is 7.18. The van der Waals surface area contributed by atoms with Crippen molar-refractivity contribution in [2.24, 2.45) is 5.10 Å². The normalized spacial score (nSPS) is 15.0. The van der Waals surface area contributed by atoms with E-state index in [9.17, 15) is 18.5 Å². The van der Waals surface area contributed by atoms with Crippen LogP contribution < -0.4 is 19.6 Å². The van der Waals surface area contributed by atoms with E-state index in [1.165, 1.54) is 37.8 Å². The van der Waals surface area contributed by atoms with Crippen LogP contribution in [0.3, 0.4) is 0 Å². The van der Waals surface area contributed by atoms with Crippen molar-refractivity contribution in [2.75, 3.05) is 53.1 Å². The van der Waals surface area contributed by atoms with Crippen LogP contribution in [0.2, 0.25) is 0 Å². The summed E-state index contributed by atoms with van der Waals surface area (Å²) in [5.74, 6) is 1.27. The summed E-state index contributed by atoms with van der Waals surface area (Å²) in [6, 6.07) is 7.03. The van der Waals surface area contributed by atoms with E-state index in [-0.39, 0.29) is 36.9 Å². The van der Waals surface area contributed by atoms with E-state index in [2.05, 4.69) is 10.5 Å². The standard InChI is InChI=1S/C21H26N4O8S/c1-14(15-11-19(30-2)21(32-4)20(12-15)31-3)22-23-17-6-5-16(13-18(17)25(26)27)34(28,29)24-7-9-33-10-8-24/h5-6,11-13,23H,7-10H2,1-4H3. The third kappa shape index (κ3) is 5.21. The SMILES string of the molecule is COc1cc(C(C)=NNc2ccc(S(=O)(=O)N3CCOCC3)cc2[N+](=O)[O-])cc(OC)c1OC. The highest BCUT2D eigenvalue weighted by Gasteiger charge is 2.29. The fourth-order valence-electron chi connectivity index (χ4n) is 3.35. The number of hydrogen-bond donors (Lipinski definition) is 1. The Balaban J connectivity index is 1.91. The number of rotatable bonds is 9. The monoisotopic (exact) mass is 494 g/mol. The molecule has 1 N–H and O–H groups in total. The first-order valence-electron chi connectivity index (χ1n) is 10.2. The highest BCUT2D eigenvalue weighted by atomic mass is 32.2. The zero-order chi connectivity index (χ0) is 24.9. The molecule has 0 bridgehead atoms. The van der Waals surface area contributed by atoms with Gasteiger partial charge in [0, 0.05) is 24.7 Å². The maximum absolute atomic E-state index is 12.9. The van der Waals surface area contributed by atoms with Crippen molar-refractivity contribution in [3.8, 4) is 17.2 Å². The number of nitro benzene ring substituents is 1. The molecule has 0 amide bonds. The van der Waals surface area contributed by atoms with Crippen LogP contribution in [0.1, 0.15) is 12.5 Å². The lowest BCUT2D eigenvalue weighted by molar-refractivity contribution is -0.384. The average Bonchev–Trinajstić information content (AvgIpc) is 2.86. The number of hydrazone groups is 1. The summed E-state index contributed by atoms with van der Waals surface area (Å²) in [5.41, 5.74) is 3.37. The Morgan fingerprint density at radius 2 is 1.71 bits per heavy atom. The Labute approximate surface area is 197 Å². The van der Waals surface area contributed by atoms with Crippen LogP contribution in [0.5, 0.6) is 17.2 Å². The molecular formula is C21H26N4O8S. The summed E-state index contributed by atoms with van der Waals surface area (Å²) < 4.78 is 48.1. The summed E-state index contributed by atoms with van der Waals surface area (Å²) in [6.45, 7) is 2.62. The fraction of sp³-hybridized carbons (Fsp3) is 0.381. The fourth-order valence-corrected chi connectivity index (χ4v) is 4.78. The molecule has 2 aromatic carbocycles. The number of anilines is 1. The molecule has 1 aliphatic heterocycles. The number of benzene rings is 2. The number of nitro groups is 1. The van der Waals surface area contributed by atoms with Gasteiger partial charge in [0.2, 0.25) is 15.8 Å². The van der Waals surface area contributed by atoms with Gasteiger partial charge in [-0.2, -0.15) is 9.41 Å². The molecule has 0 unspecified atom stereocenters. The minimum absolute atomic E-state index is 0.0396. The van der Waals surface area contributed by atoms with Crippen LogP contribution in [0, 0.1) is 10.1 Å². The minimum atomic E-state index is -3.89. The molecule has 1 aliphatic rings. The van der Waals surface area contributed by atoms with Gasteiger partial charge in [0.15, 0.2) is 11.5 Å². The summed E-state index contributed by atoms with van der Waals surface area (Å²) in [6.07, 6.45) is 0. The van der Waals surface area contributed by atoms with Crippen LogP contribution in [0.4, 0.5) is 11.4 Å². The lowest BCUT2D eigenvalue weighted by atomic mass is 10.1. The van der Waals surface area contributed by atoms with Gasteiger partial charge in [0.25, 0.3) is 5.69 Å². The number of sulfonamides is 1. The maximum atomic E-state index is 12.9. The van der Waals surface area contributed by atoms with Gasteiger partial charge < -0.3 is 18.9 Å². The number of nitrogens with one attached hydrogen (secondary N) is 1. The van der Waals surface area contributed by atoms with Crippen molar-refractivity contribution >= 4 is 27.1 Å². The summed E-state index contributed by atoms with van der Waals surface area (Å²) >= 11 is 0. The van der Waals surface area contributed by atoms with E-state index < -0.39 is 20.6 Å². The van der Waals surface area contributed by atoms with Crippen molar-refractivity contribution in [2.45, 2.75) is 11.8 Å². The van der Waals surface area contributed by atoms with E-state index in [0.717, 1.165) is 6.07 Å². The molecule has 184 valence electrons. The van der Waals surface area contributed by atoms with Gasteiger partial charge in [-0.1, -0.05) is 0 Å². The van der Waals surface area contributed by atoms with Crippen molar-refractivity contribution in [3.63, 3.8) is 0 Å². The van der Waals surface area contributed by atoms with Gasteiger partial charge in [-0.3, -0.25) is 15.5 Å². The molecule has 2 aromatic rings. The van der Waals surface area contributed by atoms with Gasteiger partial charge in [-0.25, -0.2) is 8.42 Å². The van der Waals surface area contributed by atoms with Crippen molar-refractivity contribution in [1.29, 1.82) is 0 Å². The van der Waals surface area contributed by atoms with Crippen LogP contribution in [-0.2, 0) is 14.8 Å². The van der Waals surface area contributed by atoms with E-state index in [0.29, 0.717) is 28.5 Å². The molecular weight excluding hydrogens is 468 g/mol. The Bertz CT molecular complexity index is 1170. The highest BCUT2D eigenvalue weighted by Crippen LogP contribution is 2.38. The molecule has 0 aliphatic carbocycles. The molecule has 0 radical (unpaired) electrons. The predicted molar refractivity (Wildman–Crippen MR) is 125 cm³/mol. The first-order valence-corrected chi connectivity index (χ1v) is 11.6. The van der Waals surface area contributed by atoms with E-state index >= 15 is 0 Å². The molecule has 1 saturated heterocycles. The number of methoxy groups -OCH3 is 3. The molecule has 3 rings (SSSR count). The Hall–Kier alpha value is -3.42. The Kier molecular flexibility index (Phi) is 7.91. The van der Waals surface area contributed by atoms with Crippen LogP contribution in [0.15, 0.2) is 40.3 Å². The van der Waals surface area contributed by atoms with E-state index in [1.54, 1.807) is 19.1 Å².